The van der Waals surface area contributed by atoms with E-state index in [9.17, 15) is 4.79 Å². The van der Waals surface area contributed by atoms with Crippen molar-refractivity contribution < 1.29 is 4.79 Å². The summed E-state index contributed by atoms with van der Waals surface area (Å²) in [6.45, 7) is 2.74. The molecule has 4 nitrogen and oxygen atoms in total. The molecule has 1 aromatic heterocycles. The molecule has 0 saturated carbocycles. The van der Waals surface area contributed by atoms with Crippen LogP contribution in [0.5, 0.6) is 0 Å². The van der Waals surface area contributed by atoms with Crippen molar-refractivity contribution in [3.8, 4) is 11.3 Å². The Hall–Kier alpha value is -2.50. The van der Waals surface area contributed by atoms with Crippen molar-refractivity contribution in [3.63, 3.8) is 0 Å². The third kappa shape index (κ3) is 3.06. The van der Waals surface area contributed by atoms with Gasteiger partial charge in [0.2, 0.25) is 5.91 Å². The molecule has 0 unspecified atom stereocenters. The molecule has 1 amide bonds. The fourth-order valence-corrected chi connectivity index (χ4v) is 7.05. The second-order valence-electron chi connectivity index (χ2n) is 9.09. The molecule has 3 aliphatic heterocycles. The van der Waals surface area contributed by atoms with Crippen molar-refractivity contribution in [2.45, 2.75) is 37.3 Å². The minimum atomic E-state index is -0.278. The van der Waals surface area contributed by atoms with E-state index in [-0.39, 0.29) is 11.6 Å². The van der Waals surface area contributed by atoms with E-state index in [0.29, 0.717) is 11.8 Å². The molecule has 31 heavy (non-hydrogen) atoms. The lowest BCUT2D eigenvalue weighted by Crippen LogP contribution is -2.49. The molecule has 3 aromatic rings. The average Bonchev–Trinajstić information content (AvgIpc) is 3.57. The first-order valence-electron chi connectivity index (χ1n) is 11.4. The van der Waals surface area contributed by atoms with E-state index in [1.807, 2.05) is 12.1 Å². The molecule has 4 heterocycles. The lowest BCUT2D eigenvalue weighted by Gasteiger charge is -2.32. The molecule has 0 bridgehead atoms. The third-order valence-electron chi connectivity index (χ3n) is 7.52. The number of carbonyl (C=O) groups excluding carboxylic acids is 1. The van der Waals surface area contributed by atoms with E-state index in [4.69, 9.17) is 4.98 Å². The first kappa shape index (κ1) is 19.2. The Morgan fingerprint density at radius 2 is 1.84 bits per heavy atom. The molecule has 1 spiro atoms. The van der Waals surface area contributed by atoms with Gasteiger partial charge in [-0.2, -0.15) is 0 Å². The van der Waals surface area contributed by atoms with Crippen molar-refractivity contribution in [2.24, 2.45) is 5.92 Å². The highest BCUT2D eigenvalue weighted by Gasteiger charge is 2.65. The SMILES string of the molecule is O=C1N(CCc2ccccc2)C[C@@H]2C[C@@H](c3nc(-c4ccccc4)cs3)N3CCC[C@@]123. The average molecular weight is 430 g/mol. The van der Waals surface area contributed by atoms with Crippen LogP contribution < -0.4 is 0 Å². The van der Waals surface area contributed by atoms with E-state index in [1.54, 1.807) is 11.3 Å². The normalized spacial score (nSPS) is 27.6. The summed E-state index contributed by atoms with van der Waals surface area (Å²) in [5.41, 5.74) is 3.26. The van der Waals surface area contributed by atoms with Crippen LogP contribution in [0.25, 0.3) is 11.3 Å². The molecule has 2 aromatic carbocycles. The van der Waals surface area contributed by atoms with Gasteiger partial charge in [-0.25, -0.2) is 4.98 Å². The Balaban J connectivity index is 1.22. The lowest BCUT2D eigenvalue weighted by molar-refractivity contribution is -0.136. The number of amides is 1. The number of benzene rings is 2. The fraction of sp³-hybridized carbons (Fsp3) is 0.385. The summed E-state index contributed by atoms with van der Waals surface area (Å²) in [7, 11) is 0. The zero-order chi connectivity index (χ0) is 20.8. The number of hydrogen-bond donors (Lipinski definition) is 0. The van der Waals surface area contributed by atoms with Gasteiger partial charge in [-0.1, -0.05) is 60.7 Å². The molecular weight excluding hydrogens is 402 g/mol. The van der Waals surface area contributed by atoms with Crippen molar-refractivity contribution >= 4 is 17.2 Å². The Bertz CT molecular complexity index is 1080. The van der Waals surface area contributed by atoms with Gasteiger partial charge in [0.25, 0.3) is 0 Å². The highest BCUT2D eigenvalue weighted by molar-refractivity contribution is 7.10. The Morgan fingerprint density at radius 3 is 2.65 bits per heavy atom. The second-order valence-corrected chi connectivity index (χ2v) is 9.98. The molecule has 3 aliphatic rings. The van der Waals surface area contributed by atoms with Crippen LogP contribution in [0.3, 0.4) is 0 Å². The molecule has 3 fully saturated rings. The molecule has 0 N–H and O–H groups in total. The van der Waals surface area contributed by atoms with Crippen molar-refractivity contribution in [2.75, 3.05) is 19.6 Å². The van der Waals surface area contributed by atoms with Crippen LogP contribution in [-0.4, -0.2) is 45.9 Å². The van der Waals surface area contributed by atoms with Gasteiger partial charge in [0.05, 0.1) is 11.7 Å². The molecule has 0 radical (unpaired) electrons. The van der Waals surface area contributed by atoms with E-state index in [0.717, 1.165) is 51.0 Å². The summed E-state index contributed by atoms with van der Waals surface area (Å²) in [6.07, 6.45) is 4.11. The second kappa shape index (κ2) is 7.57. The van der Waals surface area contributed by atoms with Crippen LogP contribution in [-0.2, 0) is 11.2 Å². The predicted octanol–water partition coefficient (Wildman–Crippen LogP) is 4.79. The summed E-state index contributed by atoms with van der Waals surface area (Å²) in [4.78, 5) is 23.4. The minimum absolute atomic E-state index is 0.278. The summed E-state index contributed by atoms with van der Waals surface area (Å²) < 4.78 is 0. The highest BCUT2D eigenvalue weighted by atomic mass is 32.1. The summed E-state index contributed by atoms with van der Waals surface area (Å²) >= 11 is 1.76. The Labute approximate surface area is 187 Å². The zero-order valence-corrected chi connectivity index (χ0v) is 18.4. The maximum Gasteiger partial charge on any atom is 0.243 e. The van der Waals surface area contributed by atoms with Crippen molar-refractivity contribution in [1.82, 2.24) is 14.8 Å². The van der Waals surface area contributed by atoms with Gasteiger partial charge < -0.3 is 4.90 Å². The van der Waals surface area contributed by atoms with E-state index >= 15 is 0 Å². The molecule has 6 rings (SSSR count). The molecule has 3 atom stereocenters. The molecule has 158 valence electrons. The van der Waals surface area contributed by atoms with E-state index < -0.39 is 0 Å². The maximum atomic E-state index is 13.7. The number of hydrogen-bond acceptors (Lipinski definition) is 4. The topological polar surface area (TPSA) is 36.4 Å². The van der Waals surface area contributed by atoms with Gasteiger partial charge in [0.15, 0.2) is 0 Å². The van der Waals surface area contributed by atoms with Gasteiger partial charge in [-0.15, -0.1) is 11.3 Å². The van der Waals surface area contributed by atoms with Crippen molar-refractivity contribution in [3.05, 3.63) is 76.6 Å². The fourth-order valence-electron chi connectivity index (χ4n) is 6.10. The zero-order valence-electron chi connectivity index (χ0n) is 17.6. The van der Waals surface area contributed by atoms with Crippen LogP contribution in [0.15, 0.2) is 66.0 Å². The minimum Gasteiger partial charge on any atom is -0.340 e. The number of likely N-dealkylation sites (tertiary alicyclic amines) is 1. The Kier molecular flexibility index (Phi) is 4.69. The van der Waals surface area contributed by atoms with Crippen LogP contribution in [0.4, 0.5) is 0 Å². The highest BCUT2D eigenvalue weighted by Crippen LogP contribution is 2.56. The molecule has 5 heteroatoms. The molecular formula is C26H27N3OS. The first-order chi connectivity index (χ1) is 15.3. The third-order valence-corrected chi connectivity index (χ3v) is 8.46. The predicted molar refractivity (Wildman–Crippen MR) is 124 cm³/mol. The van der Waals surface area contributed by atoms with Gasteiger partial charge >= 0.3 is 0 Å². The van der Waals surface area contributed by atoms with Gasteiger partial charge in [-0.05, 0) is 37.8 Å². The van der Waals surface area contributed by atoms with Crippen molar-refractivity contribution in [1.29, 1.82) is 0 Å². The Morgan fingerprint density at radius 1 is 1.06 bits per heavy atom. The van der Waals surface area contributed by atoms with Crippen LogP contribution in [0, 0.1) is 5.92 Å². The van der Waals surface area contributed by atoms with Gasteiger partial charge in [0.1, 0.15) is 10.5 Å². The number of nitrogens with zero attached hydrogens (tertiary/aromatic N) is 3. The van der Waals surface area contributed by atoms with Crippen LogP contribution in [0.1, 0.15) is 35.9 Å². The number of rotatable bonds is 5. The number of thiazole rings is 1. The molecule has 0 aliphatic carbocycles. The summed E-state index contributed by atoms with van der Waals surface area (Å²) in [5.74, 6) is 0.792. The molecule has 3 saturated heterocycles. The van der Waals surface area contributed by atoms with Crippen LogP contribution in [0.2, 0.25) is 0 Å². The quantitative estimate of drug-likeness (QED) is 0.585. The summed E-state index contributed by atoms with van der Waals surface area (Å²) in [5, 5.41) is 3.35. The largest absolute Gasteiger partial charge is 0.340 e. The number of carbonyl (C=O) groups is 1. The maximum absolute atomic E-state index is 13.7. The standard InChI is InChI=1S/C26H27N3OS/c30-25-26-13-7-14-29(26)23(24-27-22(18-31-24)20-10-5-2-6-11-20)16-21(26)17-28(25)15-12-19-8-3-1-4-9-19/h1-6,8-11,18,21,23H,7,12-17H2/t21-,23-,26-/m0/s1. The number of aromatic nitrogens is 1. The van der Waals surface area contributed by atoms with Gasteiger partial charge in [-0.3, -0.25) is 9.69 Å². The summed E-state index contributed by atoms with van der Waals surface area (Å²) in [6, 6.07) is 21.2. The smallest absolute Gasteiger partial charge is 0.243 e. The van der Waals surface area contributed by atoms with E-state index in [1.165, 1.54) is 16.1 Å². The van der Waals surface area contributed by atoms with Crippen LogP contribution >= 0.6 is 11.3 Å². The van der Waals surface area contributed by atoms with E-state index in [2.05, 4.69) is 63.7 Å². The lowest BCUT2D eigenvalue weighted by atomic mass is 9.86. The van der Waals surface area contributed by atoms with Gasteiger partial charge in [0, 0.05) is 30.0 Å². The first-order valence-corrected chi connectivity index (χ1v) is 12.2. The monoisotopic (exact) mass is 429 g/mol.